The molecule has 4 heteroatoms. The summed E-state index contributed by atoms with van der Waals surface area (Å²) in [5, 5.41) is 0. The van der Waals surface area contributed by atoms with Gasteiger partial charge in [0, 0.05) is 0 Å². The van der Waals surface area contributed by atoms with Crippen LogP contribution in [0.15, 0.2) is 0 Å². The van der Waals surface area contributed by atoms with E-state index in [2.05, 4.69) is 4.98 Å². The maximum absolute atomic E-state index is 5.75. The van der Waals surface area contributed by atoms with Crippen molar-refractivity contribution in [2.45, 2.75) is 0 Å². The topological polar surface area (TPSA) is 15.3 Å². The van der Waals surface area contributed by atoms with Crippen LogP contribution in [-0.4, -0.2) is 34.1 Å². The van der Waals surface area contributed by atoms with Crippen molar-refractivity contribution in [1.29, 1.82) is 0 Å². The fourth-order valence-corrected chi connectivity index (χ4v) is 0.775. The second kappa shape index (κ2) is 3.43. The lowest BCUT2D eigenvalue weighted by molar-refractivity contribution is 0.641. The first-order chi connectivity index (χ1) is 3.18. The average molecular weight is 139 g/mol. The second-order valence-electron chi connectivity index (χ2n) is 1.59. The fourth-order valence-electron chi connectivity index (χ4n) is 0.258. The van der Waals surface area contributed by atoms with Crippen LogP contribution in [0.1, 0.15) is 0 Å². The molecule has 0 saturated carbocycles. The van der Waals surface area contributed by atoms with E-state index < -0.39 is 8.43 Å². The van der Waals surface area contributed by atoms with E-state index in [0.29, 0.717) is 0 Å². The van der Waals surface area contributed by atoms with Gasteiger partial charge >= 0.3 is 0 Å². The molecule has 0 rings (SSSR count). The predicted octanol–water partition coefficient (Wildman–Crippen LogP) is -0.277. The number of hydrogen-bond acceptors (Lipinski definition) is 2. The minimum atomic E-state index is -1.20. The van der Waals surface area contributed by atoms with Gasteiger partial charge in [0.2, 0.25) is 0 Å². The first kappa shape index (κ1) is 7.43. The molecule has 0 fully saturated rings. The van der Waals surface area contributed by atoms with E-state index >= 15 is 0 Å². The molecule has 1 unspecified atom stereocenters. The van der Waals surface area contributed by atoms with Crippen molar-refractivity contribution < 1.29 is 0 Å². The third-order valence-electron chi connectivity index (χ3n) is 0.692. The molecule has 0 aliphatic heterocycles. The molecule has 0 aromatic heterocycles. The Labute approximate surface area is 50.9 Å². The minimum absolute atomic E-state index is 1.20. The minimum Gasteiger partial charge on any atom is -0.319 e. The second-order valence-corrected chi connectivity index (χ2v) is 5.11. The molecular formula is C3H11ClN2Si. The molecule has 0 radical (unpaired) electrons. The number of nitrogens with zero attached hydrogens (tertiary/aromatic N) is 1. The lowest BCUT2D eigenvalue weighted by Crippen LogP contribution is -2.39. The Morgan fingerprint density at radius 2 is 2.00 bits per heavy atom. The van der Waals surface area contributed by atoms with Crippen LogP contribution >= 0.6 is 11.1 Å². The van der Waals surface area contributed by atoms with Gasteiger partial charge < -0.3 is 9.55 Å². The molecule has 1 atom stereocenters. The SMILES string of the molecule is CN[SiH](Cl)N(C)C. The molecule has 7 heavy (non-hydrogen) atoms. The van der Waals surface area contributed by atoms with Crippen LogP contribution in [0.3, 0.4) is 0 Å². The lowest BCUT2D eigenvalue weighted by atomic mass is 11.3. The van der Waals surface area contributed by atoms with Crippen LogP contribution in [0.4, 0.5) is 0 Å². The zero-order valence-corrected chi connectivity index (χ0v) is 6.81. The Balaban J connectivity index is 3.14. The standard InChI is InChI=1S/C3H11ClN2Si/c1-5-7(4)6(2)3/h5,7H,1-3H3. The fraction of sp³-hybridized carbons (Fsp3) is 1.00. The monoisotopic (exact) mass is 138 g/mol. The highest BCUT2D eigenvalue weighted by molar-refractivity contribution is 7.03. The normalized spacial score (nSPS) is 15.0. The van der Waals surface area contributed by atoms with Crippen LogP contribution in [0.5, 0.6) is 0 Å². The Hall–Kier alpha value is 0.427. The van der Waals surface area contributed by atoms with Crippen molar-refractivity contribution in [3.8, 4) is 0 Å². The maximum atomic E-state index is 5.75. The van der Waals surface area contributed by atoms with E-state index in [1.54, 1.807) is 0 Å². The number of rotatable bonds is 2. The lowest BCUT2D eigenvalue weighted by Gasteiger charge is -2.12. The Kier molecular flexibility index (Phi) is 3.64. The summed E-state index contributed by atoms with van der Waals surface area (Å²) in [7, 11) is 4.62. The number of hydrogen-bond donors (Lipinski definition) is 1. The summed E-state index contributed by atoms with van der Waals surface area (Å²) in [4.78, 5) is 2.99. The Morgan fingerprint density at radius 3 is 2.00 bits per heavy atom. The smallest absolute Gasteiger partial charge is 0.288 e. The van der Waals surface area contributed by atoms with Gasteiger partial charge in [-0.2, -0.15) is 0 Å². The largest absolute Gasteiger partial charge is 0.319 e. The summed E-state index contributed by atoms with van der Waals surface area (Å²) in [5.74, 6) is 0. The van der Waals surface area contributed by atoms with Gasteiger partial charge in [0.25, 0.3) is 8.43 Å². The van der Waals surface area contributed by atoms with Crippen LogP contribution in [-0.2, 0) is 0 Å². The zero-order chi connectivity index (χ0) is 5.86. The third-order valence-corrected chi connectivity index (χ3v) is 3.90. The molecule has 0 heterocycles. The molecule has 0 saturated heterocycles. The van der Waals surface area contributed by atoms with Crippen molar-refractivity contribution in [3.63, 3.8) is 0 Å². The highest BCUT2D eigenvalue weighted by Crippen LogP contribution is 1.84. The quantitative estimate of drug-likeness (QED) is 0.417. The van der Waals surface area contributed by atoms with Gasteiger partial charge in [-0.05, 0) is 21.1 Å². The van der Waals surface area contributed by atoms with Gasteiger partial charge in [-0.1, -0.05) is 0 Å². The summed E-state index contributed by atoms with van der Waals surface area (Å²) in [6, 6.07) is 0. The van der Waals surface area contributed by atoms with Crippen LogP contribution in [0.25, 0.3) is 0 Å². The molecule has 0 aromatic carbocycles. The Morgan fingerprint density at radius 1 is 1.57 bits per heavy atom. The summed E-state index contributed by atoms with van der Waals surface area (Å²) < 4.78 is 2.02. The molecule has 0 aliphatic rings. The first-order valence-electron chi connectivity index (χ1n) is 2.16. The highest BCUT2D eigenvalue weighted by Gasteiger charge is 2.03. The van der Waals surface area contributed by atoms with E-state index in [0.717, 1.165) is 0 Å². The molecular weight excluding hydrogens is 128 g/mol. The van der Waals surface area contributed by atoms with Crippen LogP contribution < -0.4 is 4.98 Å². The molecule has 2 nitrogen and oxygen atoms in total. The van der Waals surface area contributed by atoms with Gasteiger partial charge in [-0.3, -0.25) is 0 Å². The van der Waals surface area contributed by atoms with E-state index in [-0.39, 0.29) is 0 Å². The van der Waals surface area contributed by atoms with Gasteiger partial charge in [0.15, 0.2) is 0 Å². The number of halogens is 1. The summed E-state index contributed by atoms with van der Waals surface area (Å²) in [5.41, 5.74) is 0. The summed E-state index contributed by atoms with van der Waals surface area (Å²) in [6.07, 6.45) is 0. The maximum Gasteiger partial charge on any atom is 0.288 e. The predicted molar refractivity (Wildman–Crippen MR) is 35.7 cm³/mol. The highest BCUT2D eigenvalue weighted by atomic mass is 35.6. The number of nitrogens with one attached hydrogen (secondary N) is 1. The average Bonchev–Trinajstić information content (AvgIpc) is 1.65. The summed E-state index contributed by atoms with van der Waals surface area (Å²) in [6.45, 7) is 0. The van der Waals surface area contributed by atoms with Gasteiger partial charge in [-0.25, -0.2) is 0 Å². The summed E-state index contributed by atoms with van der Waals surface area (Å²) >= 11 is 5.75. The zero-order valence-electron chi connectivity index (χ0n) is 4.90. The molecule has 1 N–H and O–H groups in total. The van der Waals surface area contributed by atoms with Crippen molar-refractivity contribution in [3.05, 3.63) is 0 Å². The molecule has 0 bridgehead atoms. The van der Waals surface area contributed by atoms with Crippen molar-refractivity contribution >= 4 is 19.5 Å². The van der Waals surface area contributed by atoms with Gasteiger partial charge in [-0.15, -0.1) is 11.1 Å². The molecule has 0 aliphatic carbocycles. The first-order valence-corrected chi connectivity index (χ1v) is 5.00. The van der Waals surface area contributed by atoms with E-state index in [1.807, 2.05) is 25.7 Å². The van der Waals surface area contributed by atoms with E-state index in [1.165, 1.54) is 0 Å². The van der Waals surface area contributed by atoms with Gasteiger partial charge in [0.05, 0.1) is 0 Å². The Bertz CT molecular complexity index is 50.2. The van der Waals surface area contributed by atoms with Crippen molar-refractivity contribution in [1.82, 2.24) is 9.55 Å². The molecule has 44 valence electrons. The van der Waals surface area contributed by atoms with Crippen LogP contribution in [0.2, 0.25) is 0 Å². The molecule has 0 amide bonds. The van der Waals surface area contributed by atoms with Crippen LogP contribution in [0, 0.1) is 0 Å². The van der Waals surface area contributed by atoms with E-state index in [9.17, 15) is 0 Å². The van der Waals surface area contributed by atoms with Crippen molar-refractivity contribution in [2.24, 2.45) is 0 Å². The molecule has 0 spiro atoms. The van der Waals surface area contributed by atoms with E-state index in [4.69, 9.17) is 11.1 Å². The third kappa shape index (κ3) is 3.05. The molecule has 0 aromatic rings. The van der Waals surface area contributed by atoms with Crippen molar-refractivity contribution in [2.75, 3.05) is 21.1 Å². The van der Waals surface area contributed by atoms with Gasteiger partial charge in [0.1, 0.15) is 0 Å².